The van der Waals surface area contributed by atoms with Crippen molar-refractivity contribution in [3.63, 3.8) is 0 Å². The van der Waals surface area contributed by atoms with Gasteiger partial charge in [0, 0.05) is 30.8 Å². The van der Waals surface area contributed by atoms with Crippen molar-refractivity contribution in [3.05, 3.63) is 71.7 Å². The SMILES string of the molecule is N#Cc1ccc(N2C(=O)N(Cc3ccc(-n4cccn4)nc3)[C@H]3CCCC[C@@H]32)cc1C(F)(F)F. The molecule has 0 spiro atoms. The van der Waals surface area contributed by atoms with E-state index in [1.54, 1.807) is 40.3 Å². The van der Waals surface area contributed by atoms with Gasteiger partial charge in [-0.25, -0.2) is 14.5 Å². The monoisotopic (exact) mass is 466 g/mol. The van der Waals surface area contributed by atoms with Crippen LogP contribution in [0.2, 0.25) is 0 Å². The lowest BCUT2D eigenvalue weighted by molar-refractivity contribution is -0.137. The van der Waals surface area contributed by atoms with E-state index in [0.29, 0.717) is 18.8 Å². The first-order chi connectivity index (χ1) is 16.4. The van der Waals surface area contributed by atoms with Crippen LogP contribution >= 0.6 is 0 Å². The molecular formula is C24H21F3N6O. The molecule has 1 saturated heterocycles. The quantitative estimate of drug-likeness (QED) is 0.547. The van der Waals surface area contributed by atoms with Crippen molar-refractivity contribution >= 4 is 11.7 Å². The molecule has 174 valence electrons. The second kappa shape index (κ2) is 8.48. The van der Waals surface area contributed by atoms with Gasteiger partial charge in [0.05, 0.1) is 29.3 Å². The molecule has 2 aliphatic rings. The molecule has 2 fully saturated rings. The molecule has 0 unspecified atom stereocenters. The Kier molecular flexibility index (Phi) is 5.48. The molecule has 3 aromatic rings. The molecule has 1 aromatic carbocycles. The first-order valence-corrected chi connectivity index (χ1v) is 11.0. The van der Waals surface area contributed by atoms with Gasteiger partial charge in [-0.15, -0.1) is 0 Å². The van der Waals surface area contributed by atoms with E-state index in [1.807, 2.05) is 12.1 Å². The summed E-state index contributed by atoms with van der Waals surface area (Å²) in [7, 11) is 0. The predicted octanol–water partition coefficient (Wildman–Crippen LogP) is 4.91. The summed E-state index contributed by atoms with van der Waals surface area (Å²) in [6, 6.07) is 9.94. The van der Waals surface area contributed by atoms with Gasteiger partial charge in [0.25, 0.3) is 0 Å². The number of fused-ring (bicyclic) bond motifs is 1. The predicted molar refractivity (Wildman–Crippen MR) is 117 cm³/mol. The number of pyridine rings is 1. The van der Waals surface area contributed by atoms with Gasteiger partial charge in [-0.05, 0) is 48.7 Å². The molecule has 1 aliphatic carbocycles. The van der Waals surface area contributed by atoms with E-state index in [2.05, 4.69) is 10.1 Å². The van der Waals surface area contributed by atoms with Gasteiger partial charge in [-0.2, -0.15) is 23.5 Å². The molecule has 10 heteroatoms. The first kappa shape index (κ1) is 21.9. The second-order valence-electron chi connectivity index (χ2n) is 8.51. The van der Waals surface area contributed by atoms with Crippen molar-refractivity contribution in [1.29, 1.82) is 5.26 Å². The highest BCUT2D eigenvalue weighted by Crippen LogP contribution is 2.40. The second-order valence-corrected chi connectivity index (χ2v) is 8.51. The van der Waals surface area contributed by atoms with Crippen LogP contribution in [0.4, 0.5) is 23.7 Å². The molecule has 7 nitrogen and oxygen atoms in total. The van der Waals surface area contributed by atoms with Crippen LogP contribution in [-0.2, 0) is 12.7 Å². The van der Waals surface area contributed by atoms with E-state index in [0.717, 1.165) is 37.0 Å². The third-order valence-electron chi connectivity index (χ3n) is 6.49. The summed E-state index contributed by atoms with van der Waals surface area (Å²) >= 11 is 0. The summed E-state index contributed by atoms with van der Waals surface area (Å²) in [6.45, 7) is 0.311. The van der Waals surface area contributed by atoms with E-state index in [1.165, 1.54) is 11.0 Å². The third kappa shape index (κ3) is 3.87. The fourth-order valence-electron chi connectivity index (χ4n) is 4.93. The largest absolute Gasteiger partial charge is 0.417 e. The Balaban J connectivity index is 1.45. The smallest absolute Gasteiger partial charge is 0.315 e. The number of carbonyl (C=O) groups excluding carboxylic acids is 1. The lowest BCUT2D eigenvalue weighted by Crippen LogP contribution is -2.39. The maximum atomic E-state index is 13.6. The van der Waals surface area contributed by atoms with Gasteiger partial charge in [-0.1, -0.05) is 18.9 Å². The highest BCUT2D eigenvalue weighted by molar-refractivity contribution is 5.96. The minimum Gasteiger partial charge on any atom is -0.315 e. The molecule has 1 aliphatic heterocycles. The zero-order chi connectivity index (χ0) is 23.9. The molecule has 2 amide bonds. The maximum absolute atomic E-state index is 13.6. The number of hydrogen-bond donors (Lipinski definition) is 0. The topological polar surface area (TPSA) is 78.0 Å². The Morgan fingerprint density at radius 1 is 1.12 bits per heavy atom. The van der Waals surface area contributed by atoms with Gasteiger partial charge in [-0.3, -0.25) is 4.90 Å². The Hall–Kier alpha value is -3.87. The van der Waals surface area contributed by atoms with Crippen molar-refractivity contribution < 1.29 is 18.0 Å². The first-order valence-electron chi connectivity index (χ1n) is 11.0. The highest BCUT2D eigenvalue weighted by atomic mass is 19.4. The number of amides is 2. The van der Waals surface area contributed by atoms with Crippen molar-refractivity contribution in [2.45, 2.75) is 50.5 Å². The lowest BCUT2D eigenvalue weighted by Gasteiger charge is -2.32. The fraction of sp³-hybridized carbons (Fsp3) is 0.333. The van der Waals surface area contributed by atoms with Crippen LogP contribution in [0.3, 0.4) is 0 Å². The van der Waals surface area contributed by atoms with Gasteiger partial charge in [0.15, 0.2) is 5.82 Å². The van der Waals surface area contributed by atoms with Crippen molar-refractivity contribution in [3.8, 4) is 11.9 Å². The van der Waals surface area contributed by atoms with Crippen molar-refractivity contribution in [1.82, 2.24) is 19.7 Å². The molecule has 3 heterocycles. The van der Waals surface area contributed by atoms with Crippen molar-refractivity contribution in [2.24, 2.45) is 0 Å². The standard InChI is InChI=1S/C24H21F3N6O/c25-24(26,27)19-12-18(8-7-17(19)13-28)33-21-5-2-1-4-20(21)31(23(33)34)15-16-6-9-22(29-14-16)32-11-3-10-30-32/h3,6-12,14,20-21H,1-2,4-5,15H2/t20-,21-/m0/s1. The number of rotatable bonds is 4. The number of halogens is 3. The summed E-state index contributed by atoms with van der Waals surface area (Å²) in [5.74, 6) is 0.649. The number of aromatic nitrogens is 3. The molecular weight excluding hydrogens is 445 g/mol. The van der Waals surface area contributed by atoms with Crippen LogP contribution in [-0.4, -0.2) is 37.8 Å². The van der Waals surface area contributed by atoms with Crippen LogP contribution in [0.15, 0.2) is 55.0 Å². The molecule has 0 bridgehead atoms. The molecule has 5 rings (SSSR count). The summed E-state index contributed by atoms with van der Waals surface area (Å²) < 4.78 is 42.3. The summed E-state index contributed by atoms with van der Waals surface area (Å²) in [5.41, 5.74) is -0.484. The number of nitriles is 1. The molecule has 0 N–H and O–H groups in total. The van der Waals surface area contributed by atoms with E-state index in [-0.39, 0.29) is 23.8 Å². The normalized spacial score (nSPS) is 20.4. The van der Waals surface area contributed by atoms with Crippen LogP contribution in [0, 0.1) is 11.3 Å². The molecule has 2 atom stereocenters. The average Bonchev–Trinajstić information content (AvgIpc) is 3.46. The number of hydrogen-bond acceptors (Lipinski definition) is 4. The third-order valence-corrected chi connectivity index (χ3v) is 6.49. The number of nitrogens with zero attached hydrogens (tertiary/aromatic N) is 6. The van der Waals surface area contributed by atoms with Gasteiger partial charge in [0.1, 0.15) is 0 Å². The number of carbonyl (C=O) groups is 1. The van der Waals surface area contributed by atoms with Crippen LogP contribution in [0.1, 0.15) is 42.4 Å². The zero-order valence-electron chi connectivity index (χ0n) is 18.1. The van der Waals surface area contributed by atoms with E-state index in [9.17, 15) is 18.0 Å². The maximum Gasteiger partial charge on any atom is 0.417 e. The van der Waals surface area contributed by atoms with Crippen LogP contribution < -0.4 is 4.90 Å². The number of anilines is 1. The van der Waals surface area contributed by atoms with Gasteiger partial charge >= 0.3 is 12.2 Å². The fourth-order valence-corrected chi connectivity index (χ4v) is 4.93. The Bertz CT molecular complexity index is 1230. The van der Waals surface area contributed by atoms with Crippen LogP contribution in [0.25, 0.3) is 5.82 Å². The lowest BCUT2D eigenvalue weighted by atomic mass is 9.89. The summed E-state index contributed by atoms with van der Waals surface area (Å²) in [5, 5.41) is 13.3. The molecule has 1 saturated carbocycles. The van der Waals surface area contributed by atoms with E-state index < -0.39 is 17.3 Å². The summed E-state index contributed by atoms with van der Waals surface area (Å²) in [4.78, 5) is 21.2. The summed E-state index contributed by atoms with van der Waals surface area (Å²) in [6.07, 6.45) is 3.80. The van der Waals surface area contributed by atoms with E-state index in [4.69, 9.17) is 5.26 Å². The minimum atomic E-state index is -4.68. The van der Waals surface area contributed by atoms with Crippen molar-refractivity contribution in [2.75, 3.05) is 4.90 Å². The Morgan fingerprint density at radius 3 is 2.56 bits per heavy atom. The van der Waals surface area contributed by atoms with Gasteiger partial charge < -0.3 is 4.90 Å². The van der Waals surface area contributed by atoms with Gasteiger partial charge in [0.2, 0.25) is 0 Å². The minimum absolute atomic E-state index is 0.1000. The van der Waals surface area contributed by atoms with Crippen LogP contribution in [0.5, 0.6) is 0 Å². The highest BCUT2D eigenvalue weighted by Gasteiger charge is 2.47. The Morgan fingerprint density at radius 2 is 1.91 bits per heavy atom. The molecule has 34 heavy (non-hydrogen) atoms. The number of benzene rings is 1. The number of urea groups is 1. The molecule has 0 radical (unpaired) electrons. The number of alkyl halides is 3. The zero-order valence-corrected chi connectivity index (χ0v) is 18.1. The Labute approximate surface area is 194 Å². The molecule has 2 aromatic heterocycles. The van der Waals surface area contributed by atoms with E-state index >= 15 is 0 Å². The average molecular weight is 466 g/mol.